The topological polar surface area (TPSA) is 29.3 Å². The van der Waals surface area contributed by atoms with Crippen molar-refractivity contribution in [3.8, 4) is 0 Å². The van der Waals surface area contributed by atoms with Gasteiger partial charge in [-0.15, -0.1) is 0 Å². The minimum absolute atomic E-state index is 0.648. The van der Waals surface area contributed by atoms with Gasteiger partial charge in [0.25, 0.3) is 0 Å². The zero-order chi connectivity index (χ0) is 10.1. The maximum Gasteiger partial charge on any atom is 0.0108 e. The van der Waals surface area contributed by atoms with Crippen LogP contribution in [0, 0.1) is 11.8 Å². The van der Waals surface area contributed by atoms with Crippen LogP contribution in [0.2, 0.25) is 0 Å². The van der Waals surface area contributed by atoms with Crippen LogP contribution in [0.1, 0.15) is 39.5 Å². The van der Waals surface area contributed by atoms with Gasteiger partial charge in [-0.25, -0.2) is 0 Å². The highest BCUT2D eigenvalue weighted by Gasteiger charge is 2.36. The second-order valence-corrected chi connectivity index (χ2v) is 5.32. The average molecular weight is 196 g/mol. The maximum absolute atomic E-state index is 5.75. The molecule has 2 heteroatoms. The van der Waals surface area contributed by atoms with Crippen LogP contribution < -0.4 is 5.73 Å². The molecule has 3 fully saturated rings. The van der Waals surface area contributed by atoms with E-state index in [1.165, 1.54) is 32.2 Å². The molecule has 82 valence electrons. The Morgan fingerprint density at radius 2 is 1.86 bits per heavy atom. The van der Waals surface area contributed by atoms with Gasteiger partial charge < -0.3 is 5.73 Å². The Bertz CT molecular complexity index is 185. The zero-order valence-corrected chi connectivity index (χ0v) is 9.58. The number of hydrogen-bond donors (Lipinski definition) is 1. The van der Waals surface area contributed by atoms with E-state index in [0.29, 0.717) is 12.0 Å². The first-order valence-corrected chi connectivity index (χ1v) is 6.18. The molecule has 2 nitrogen and oxygen atoms in total. The van der Waals surface area contributed by atoms with Gasteiger partial charge in [0, 0.05) is 18.6 Å². The third kappa shape index (κ3) is 1.82. The number of rotatable bonds is 3. The van der Waals surface area contributed by atoms with Crippen molar-refractivity contribution in [2.24, 2.45) is 17.6 Å². The van der Waals surface area contributed by atoms with Gasteiger partial charge >= 0.3 is 0 Å². The molecule has 1 aliphatic carbocycles. The van der Waals surface area contributed by atoms with Crippen LogP contribution in [0.25, 0.3) is 0 Å². The lowest BCUT2D eigenvalue weighted by Crippen LogP contribution is -2.54. The quantitative estimate of drug-likeness (QED) is 0.746. The molecule has 0 aromatic heterocycles. The number of piperidine rings is 2. The fourth-order valence-electron chi connectivity index (χ4n) is 3.13. The molecule has 0 amide bonds. The molecule has 2 N–H and O–H groups in total. The fraction of sp³-hybridized carbons (Fsp3) is 1.00. The Labute approximate surface area is 87.8 Å². The minimum atomic E-state index is 0.648. The van der Waals surface area contributed by atoms with Crippen LogP contribution in [-0.4, -0.2) is 30.1 Å². The monoisotopic (exact) mass is 196 g/mol. The smallest absolute Gasteiger partial charge is 0.0108 e. The summed E-state index contributed by atoms with van der Waals surface area (Å²) in [6.07, 6.45) is 5.83. The number of hydrogen-bond acceptors (Lipinski definition) is 2. The molecular weight excluding hydrogens is 172 g/mol. The molecule has 1 saturated carbocycles. The predicted molar refractivity (Wildman–Crippen MR) is 60.1 cm³/mol. The third-order valence-corrected chi connectivity index (χ3v) is 4.47. The molecule has 2 saturated heterocycles. The van der Waals surface area contributed by atoms with Gasteiger partial charge in [-0.05, 0) is 51.0 Å². The highest BCUT2D eigenvalue weighted by atomic mass is 15.2. The summed E-state index contributed by atoms with van der Waals surface area (Å²) in [5.74, 6) is 1.64. The molecule has 3 rings (SSSR count). The SMILES string of the molecule is CC(CN)C(C)N1CC2CCC1CC2. The molecule has 0 aromatic rings. The molecule has 2 unspecified atom stereocenters. The summed E-state index contributed by atoms with van der Waals surface area (Å²) in [7, 11) is 0. The van der Waals surface area contributed by atoms with Crippen LogP contribution in [0.3, 0.4) is 0 Å². The Balaban J connectivity index is 1.97. The Hall–Kier alpha value is -0.0800. The van der Waals surface area contributed by atoms with E-state index in [-0.39, 0.29) is 0 Å². The number of nitrogens with zero attached hydrogens (tertiary/aromatic N) is 1. The summed E-state index contributed by atoms with van der Waals surface area (Å²) >= 11 is 0. The summed E-state index contributed by atoms with van der Waals surface area (Å²) < 4.78 is 0. The van der Waals surface area contributed by atoms with Crippen LogP contribution in [0.4, 0.5) is 0 Å². The first kappa shape index (κ1) is 10.4. The van der Waals surface area contributed by atoms with E-state index >= 15 is 0 Å². The number of nitrogens with two attached hydrogens (primary N) is 1. The lowest BCUT2D eigenvalue weighted by molar-refractivity contribution is 0.00369. The second kappa shape index (κ2) is 4.19. The van der Waals surface area contributed by atoms with Crippen LogP contribution in [0.5, 0.6) is 0 Å². The first-order chi connectivity index (χ1) is 6.72. The van der Waals surface area contributed by atoms with Gasteiger partial charge in [-0.1, -0.05) is 6.92 Å². The Morgan fingerprint density at radius 1 is 1.21 bits per heavy atom. The van der Waals surface area contributed by atoms with E-state index in [0.717, 1.165) is 18.5 Å². The zero-order valence-electron chi connectivity index (χ0n) is 9.58. The largest absolute Gasteiger partial charge is 0.330 e. The summed E-state index contributed by atoms with van der Waals surface area (Å²) in [6.45, 7) is 6.82. The lowest BCUT2D eigenvalue weighted by Gasteiger charge is -2.49. The molecular formula is C12H24N2. The predicted octanol–water partition coefficient (Wildman–Crippen LogP) is 1.84. The van der Waals surface area contributed by atoms with Gasteiger partial charge in [0.1, 0.15) is 0 Å². The molecule has 2 atom stereocenters. The third-order valence-electron chi connectivity index (χ3n) is 4.47. The Morgan fingerprint density at radius 3 is 2.29 bits per heavy atom. The molecule has 0 aromatic carbocycles. The molecule has 0 radical (unpaired) electrons. The van der Waals surface area contributed by atoms with E-state index in [1.807, 2.05) is 0 Å². The van der Waals surface area contributed by atoms with Gasteiger partial charge in [-0.2, -0.15) is 0 Å². The normalized spacial score (nSPS) is 37.1. The molecule has 2 aliphatic heterocycles. The van der Waals surface area contributed by atoms with Crippen molar-refractivity contribution in [1.29, 1.82) is 0 Å². The van der Waals surface area contributed by atoms with Crippen molar-refractivity contribution in [3.63, 3.8) is 0 Å². The van der Waals surface area contributed by atoms with Crippen molar-refractivity contribution in [2.45, 2.75) is 51.6 Å². The van der Waals surface area contributed by atoms with E-state index in [2.05, 4.69) is 18.7 Å². The molecule has 0 spiro atoms. The first-order valence-electron chi connectivity index (χ1n) is 6.18. The van der Waals surface area contributed by atoms with Crippen molar-refractivity contribution in [1.82, 2.24) is 4.90 Å². The van der Waals surface area contributed by atoms with E-state index < -0.39 is 0 Å². The van der Waals surface area contributed by atoms with E-state index in [4.69, 9.17) is 5.73 Å². The fourth-order valence-corrected chi connectivity index (χ4v) is 3.13. The summed E-state index contributed by atoms with van der Waals surface area (Å²) in [5, 5.41) is 0. The maximum atomic E-state index is 5.75. The molecule has 2 heterocycles. The van der Waals surface area contributed by atoms with Gasteiger partial charge in [-0.3, -0.25) is 4.90 Å². The summed E-state index contributed by atoms with van der Waals surface area (Å²) in [6, 6.07) is 1.57. The highest BCUT2D eigenvalue weighted by Crippen LogP contribution is 2.36. The molecule has 3 aliphatic rings. The van der Waals surface area contributed by atoms with Gasteiger partial charge in [0.05, 0.1) is 0 Å². The number of fused-ring (bicyclic) bond motifs is 3. The molecule has 2 bridgehead atoms. The van der Waals surface area contributed by atoms with Crippen molar-refractivity contribution >= 4 is 0 Å². The van der Waals surface area contributed by atoms with Crippen molar-refractivity contribution in [3.05, 3.63) is 0 Å². The van der Waals surface area contributed by atoms with Gasteiger partial charge in [0.2, 0.25) is 0 Å². The summed E-state index contributed by atoms with van der Waals surface area (Å²) in [5.41, 5.74) is 5.75. The van der Waals surface area contributed by atoms with Crippen molar-refractivity contribution in [2.75, 3.05) is 13.1 Å². The lowest BCUT2D eigenvalue weighted by atomic mass is 9.78. The second-order valence-electron chi connectivity index (χ2n) is 5.32. The summed E-state index contributed by atoms with van der Waals surface area (Å²) in [4.78, 5) is 2.73. The Kier molecular flexibility index (Phi) is 3.13. The van der Waals surface area contributed by atoms with Crippen molar-refractivity contribution < 1.29 is 0 Å². The average Bonchev–Trinajstić information content (AvgIpc) is 2.28. The van der Waals surface area contributed by atoms with E-state index in [9.17, 15) is 0 Å². The van der Waals surface area contributed by atoms with Crippen LogP contribution in [0.15, 0.2) is 0 Å². The van der Waals surface area contributed by atoms with Crippen LogP contribution in [-0.2, 0) is 0 Å². The van der Waals surface area contributed by atoms with Crippen LogP contribution >= 0.6 is 0 Å². The standard InChI is InChI=1S/C12H24N2/c1-9(7-13)10(2)14-8-11-3-5-12(14)6-4-11/h9-12H,3-8,13H2,1-2H3. The minimum Gasteiger partial charge on any atom is -0.330 e. The van der Waals surface area contributed by atoms with E-state index in [1.54, 1.807) is 0 Å². The molecule has 14 heavy (non-hydrogen) atoms. The highest BCUT2D eigenvalue weighted by molar-refractivity contribution is 4.91. The van der Waals surface area contributed by atoms with Gasteiger partial charge in [0.15, 0.2) is 0 Å².